The molecule has 1 rings (SSSR count). The molecule has 122 valence electrons. The molecule has 0 fully saturated rings. The normalized spacial score (nSPS) is 12.2. The fraction of sp³-hybridized carbons (Fsp3) is 0.364. The van der Waals surface area contributed by atoms with Crippen LogP contribution < -0.4 is 9.46 Å². The van der Waals surface area contributed by atoms with Crippen molar-refractivity contribution in [3.8, 4) is 11.8 Å². The molecule has 1 N–H and O–H groups in total. The number of benzene rings is 1. The van der Waals surface area contributed by atoms with Crippen molar-refractivity contribution in [1.29, 1.82) is 5.26 Å². The van der Waals surface area contributed by atoms with Crippen LogP contribution in [0.4, 0.5) is 22.0 Å². The molecule has 5 nitrogen and oxygen atoms in total. The molecule has 0 radical (unpaired) electrons. The van der Waals surface area contributed by atoms with Crippen molar-refractivity contribution >= 4 is 10.0 Å². The van der Waals surface area contributed by atoms with Crippen molar-refractivity contribution < 1.29 is 35.1 Å². The van der Waals surface area contributed by atoms with Gasteiger partial charge in [-0.1, -0.05) is 6.07 Å². The van der Waals surface area contributed by atoms with E-state index in [2.05, 4.69) is 4.74 Å². The first kappa shape index (κ1) is 18.1. The topological polar surface area (TPSA) is 79.2 Å². The maximum atomic E-state index is 12.9. The number of hydrogen-bond donors (Lipinski definition) is 1. The Morgan fingerprint density at radius 3 is 2.45 bits per heavy atom. The summed E-state index contributed by atoms with van der Waals surface area (Å²) in [5.74, 6) is -0.874. The van der Waals surface area contributed by atoms with Crippen molar-refractivity contribution in [2.75, 3.05) is 13.2 Å². The molecule has 0 amide bonds. The summed E-state index contributed by atoms with van der Waals surface area (Å²) in [6.07, 6.45) is -8.06. The second-order valence-electron chi connectivity index (χ2n) is 3.82. The van der Waals surface area contributed by atoms with E-state index < -0.39 is 52.0 Å². The number of sulfonamides is 1. The van der Waals surface area contributed by atoms with Gasteiger partial charge in [-0.25, -0.2) is 17.2 Å². The third-order valence-electron chi connectivity index (χ3n) is 2.26. The largest absolute Gasteiger partial charge is 0.486 e. The van der Waals surface area contributed by atoms with E-state index in [4.69, 9.17) is 5.26 Å². The van der Waals surface area contributed by atoms with Crippen LogP contribution in [-0.4, -0.2) is 28.0 Å². The van der Waals surface area contributed by atoms with Crippen LogP contribution in [0.3, 0.4) is 0 Å². The van der Waals surface area contributed by atoms with Gasteiger partial charge >= 0.3 is 6.18 Å². The lowest BCUT2D eigenvalue weighted by Gasteiger charge is -2.17. The third-order valence-corrected chi connectivity index (χ3v) is 3.74. The Hall–Kier alpha value is -1.93. The number of ether oxygens (including phenoxy) is 1. The maximum absolute atomic E-state index is 12.9. The molecule has 0 saturated heterocycles. The van der Waals surface area contributed by atoms with E-state index in [0.717, 1.165) is 12.1 Å². The van der Waals surface area contributed by atoms with Crippen LogP contribution in [-0.2, 0) is 16.2 Å². The quantitative estimate of drug-likeness (QED) is 0.633. The van der Waals surface area contributed by atoms with Gasteiger partial charge in [-0.3, -0.25) is 0 Å². The van der Waals surface area contributed by atoms with Crippen molar-refractivity contribution in [2.24, 2.45) is 0 Å². The smallest absolute Gasteiger partial charge is 0.417 e. The van der Waals surface area contributed by atoms with Crippen LogP contribution in [0, 0.1) is 11.3 Å². The lowest BCUT2D eigenvalue weighted by Crippen LogP contribution is -2.27. The first-order valence-electron chi connectivity index (χ1n) is 5.57. The van der Waals surface area contributed by atoms with Gasteiger partial charge in [0.25, 0.3) is 6.43 Å². The number of nitrogens with zero attached hydrogens (tertiary/aromatic N) is 1. The van der Waals surface area contributed by atoms with Gasteiger partial charge in [-0.05, 0) is 12.1 Å². The van der Waals surface area contributed by atoms with Gasteiger partial charge in [0.15, 0.2) is 0 Å². The van der Waals surface area contributed by atoms with Crippen LogP contribution in [0.2, 0.25) is 0 Å². The molecular formula is C11H9F5N2O3S. The van der Waals surface area contributed by atoms with Gasteiger partial charge in [-0.15, -0.1) is 0 Å². The van der Waals surface area contributed by atoms with Gasteiger partial charge in [-0.2, -0.15) is 23.2 Å². The summed E-state index contributed by atoms with van der Waals surface area (Å²) in [6.45, 7) is -2.06. The van der Waals surface area contributed by atoms with Crippen LogP contribution >= 0.6 is 0 Å². The zero-order valence-electron chi connectivity index (χ0n) is 10.7. The monoisotopic (exact) mass is 344 g/mol. The molecule has 0 atom stereocenters. The maximum Gasteiger partial charge on any atom is 0.417 e. The first-order valence-corrected chi connectivity index (χ1v) is 7.05. The molecule has 0 aliphatic heterocycles. The van der Waals surface area contributed by atoms with E-state index in [0.29, 0.717) is 6.07 Å². The molecule has 1 aromatic rings. The van der Waals surface area contributed by atoms with E-state index in [9.17, 15) is 30.4 Å². The van der Waals surface area contributed by atoms with Crippen LogP contribution in [0.25, 0.3) is 0 Å². The Bertz CT molecular complexity index is 667. The summed E-state index contributed by atoms with van der Waals surface area (Å²) >= 11 is 0. The fourth-order valence-electron chi connectivity index (χ4n) is 1.48. The Balaban J connectivity index is 3.44. The summed E-state index contributed by atoms with van der Waals surface area (Å²) in [5, 5.41) is 8.32. The Morgan fingerprint density at radius 1 is 1.32 bits per heavy atom. The van der Waals surface area contributed by atoms with E-state index in [1.807, 2.05) is 0 Å². The van der Waals surface area contributed by atoms with E-state index >= 15 is 0 Å². The molecular weight excluding hydrogens is 335 g/mol. The number of hydrogen-bond acceptors (Lipinski definition) is 4. The number of nitrogens with one attached hydrogen (secondary N) is 1. The minimum atomic E-state index is -5.05. The van der Waals surface area contributed by atoms with Crippen molar-refractivity contribution in [3.63, 3.8) is 0 Å². The molecule has 0 aliphatic carbocycles. The highest BCUT2D eigenvalue weighted by atomic mass is 32.2. The zero-order valence-corrected chi connectivity index (χ0v) is 11.5. The van der Waals surface area contributed by atoms with E-state index in [1.54, 1.807) is 4.72 Å². The SMILES string of the molecule is N#CCNS(=O)(=O)c1c(OCC(F)F)cccc1C(F)(F)F. The van der Waals surface area contributed by atoms with Gasteiger partial charge in [0.2, 0.25) is 10.0 Å². The van der Waals surface area contributed by atoms with Crippen LogP contribution in [0.5, 0.6) is 5.75 Å². The highest BCUT2D eigenvalue weighted by Gasteiger charge is 2.39. The van der Waals surface area contributed by atoms with Crippen molar-refractivity contribution in [1.82, 2.24) is 4.72 Å². The second-order valence-corrected chi connectivity index (χ2v) is 5.52. The number of rotatable bonds is 6. The molecule has 0 unspecified atom stereocenters. The van der Waals surface area contributed by atoms with E-state index in [1.165, 1.54) is 6.07 Å². The average Bonchev–Trinajstić information content (AvgIpc) is 2.41. The number of nitriles is 1. The summed E-state index contributed by atoms with van der Waals surface area (Å²) in [5.41, 5.74) is -1.58. The van der Waals surface area contributed by atoms with Gasteiger partial charge in [0, 0.05) is 0 Å². The molecule has 0 aliphatic rings. The number of halogens is 5. The van der Waals surface area contributed by atoms with Crippen molar-refractivity contribution in [2.45, 2.75) is 17.5 Å². The molecule has 1 aromatic carbocycles. The molecule has 0 aromatic heterocycles. The molecule has 22 heavy (non-hydrogen) atoms. The lowest BCUT2D eigenvalue weighted by atomic mass is 10.2. The Kier molecular flexibility index (Phi) is 5.67. The summed E-state index contributed by atoms with van der Waals surface area (Å²) in [7, 11) is -4.78. The fourth-order valence-corrected chi connectivity index (χ4v) is 2.75. The molecule has 0 heterocycles. The predicted octanol–water partition coefficient (Wildman–Crippen LogP) is 2.15. The summed E-state index contributed by atoms with van der Waals surface area (Å²) < 4.78 is 92.9. The molecule has 0 saturated carbocycles. The summed E-state index contributed by atoms with van der Waals surface area (Å²) in [4.78, 5) is -1.33. The third kappa shape index (κ3) is 4.54. The Labute approximate surface area is 122 Å². The predicted molar refractivity (Wildman–Crippen MR) is 63.7 cm³/mol. The summed E-state index contributed by atoms with van der Waals surface area (Å²) in [6, 6.07) is 3.50. The highest BCUT2D eigenvalue weighted by Crippen LogP contribution is 2.38. The molecule has 0 bridgehead atoms. The molecule has 11 heteroatoms. The van der Waals surface area contributed by atoms with Gasteiger partial charge < -0.3 is 4.74 Å². The highest BCUT2D eigenvalue weighted by molar-refractivity contribution is 7.89. The van der Waals surface area contributed by atoms with Crippen molar-refractivity contribution in [3.05, 3.63) is 23.8 Å². The number of alkyl halides is 5. The van der Waals surface area contributed by atoms with Crippen LogP contribution in [0.15, 0.2) is 23.1 Å². The average molecular weight is 344 g/mol. The van der Waals surface area contributed by atoms with Crippen LogP contribution in [0.1, 0.15) is 5.56 Å². The second kappa shape index (κ2) is 6.89. The van der Waals surface area contributed by atoms with E-state index in [-0.39, 0.29) is 0 Å². The minimum absolute atomic E-state index is 0.468. The standard InChI is InChI=1S/C11H9F5N2O3S/c12-9(13)6-21-8-3-1-2-7(11(14,15)16)10(8)22(19,20)18-5-4-17/h1-3,9,18H,5-6H2. The zero-order chi connectivity index (χ0) is 17.0. The molecule has 0 spiro atoms. The Morgan fingerprint density at radius 2 is 1.95 bits per heavy atom. The van der Waals surface area contributed by atoms with Gasteiger partial charge in [0.05, 0.1) is 18.2 Å². The lowest BCUT2D eigenvalue weighted by molar-refractivity contribution is -0.140. The minimum Gasteiger partial charge on any atom is -0.486 e. The first-order chi connectivity index (χ1) is 10.1. The van der Waals surface area contributed by atoms with Gasteiger partial charge in [0.1, 0.15) is 17.3 Å².